The zero-order chi connectivity index (χ0) is 24.0. The van der Waals surface area contributed by atoms with Crippen molar-refractivity contribution in [3.63, 3.8) is 0 Å². The molecule has 0 spiro atoms. The highest BCUT2D eigenvalue weighted by Crippen LogP contribution is 2.18. The van der Waals surface area contributed by atoms with Crippen LogP contribution in [0.5, 0.6) is 5.75 Å². The summed E-state index contributed by atoms with van der Waals surface area (Å²) < 4.78 is 59.2. The molecule has 10 heteroatoms. The Morgan fingerprint density at radius 2 is 1.67 bits per heavy atom. The molecule has 3 aromatic rings. The number of carboxylic acids is 1. The summed E-state index contributed by atoms with van der Waals surface area (Å²) in [6.07, 6.45) is 0.384. The van der Waals surface area contributed by atoms with E-state index >= 15 is 0 Å². The number of carboxylic acid groups (broad SMARTS) is 1. The monoisotopic (exact) mass is 476 g/mol. The summed E-state index contributed by atoms with van der Waals surface area (Å²) in [6.45, 7) is 0.145. The van der Waals surface area contributed by atoms with Crippen molar-refractivity contribution in [1.29, 1.82) is 0 Å². The molecular formula is C23H22F2N2O5S. The van der Waals surface area contributed by atoms with Gasteiger partial charge >= 0.3 is 5.97 Å². The van der Waals surface area contributed by atoms with Crippen LogP contribution in [-0.4, -0.2) is 26.0 Å². The first-order chi connectivity index (χ1) is 15.7. The van der Waals surface area contributed by atoms with E-state index in [-0.39, 0.29) is 30.2 Å². The number of halogens is 2. The van der Waals surface area contributed by atoms with Crippen molar-refractivity contribution in [2.75, 3.05) is 6.54 Å². The lowest BCUT2D eigenvalue weighted by Crippen LogP contribution is -2.26. The SMILES string of the molecule is NCc1ccc(S(=O)(=O)NCCc2ccc(OCc3ccc(F)c(F)c3)cc2)cc1C(=O)O. The highest BCUT2D eigenvalue weighted by Gasteiger charge is 2.18. The molecule has 3 rings (SSSR count). The van der Waals surface area contributed by atoms with E-state index in [0.29, 0.717) is 23.3 Å². The molecule has 0 saturated carbocycles. The second-order valence-corrected chi connectivity index (χ2v) is 8.92. The first-order valence-electron chi connectivity index (χ1n) is 9.91. The zero-order valence-corrected chi connectivity index (χ0v) is 18.2. The summed E-state index contributed by atoms with van der Waals surface area (Å²) in [5.41, 5.74) is 7.00. The maximum absolute atomic E-state index is 13.2. The van der Waals surface area contributed by atoms with Crippen molar-refractivity contribution in [2.45, 2.75) is 24.5 Å². The lowest BCUT2D eigenvalue weighted by molar-refractivity contribution is 0.0695. The number of nitrogens with one attached hydrogen (secondary N) is 1. The van der Waals surface area contributed by atoms with Crippen LogP contribution in [0, 0.1) is 11.6 Å². The molecule has 33 heavy (non-hydrogen) atoms. The van der Waals surface area contributed by atoms with Crippen molar-refractivity contribution in [3.8, 4) is 5.75 Å². The third-order valence-electron chi connectivity index (χ3n) is 4.86. The van der Waals surface area contributed by atoms with Crippen molar-refractivity contribution >= 4 is 16.0 Å². The lowest BCUT2D eigenvalue weighted by Gasteiger charge is -2.10. The zero-order valence-electron chi connectivity index (χ0n) is 17.4. The van der Waals surface area contributed by atoms with Crippen molar-refractivity contribution in [3.05, 3.63) is 94.6 Å². The molecule has 174 valence electrons. The number of nitrogens with two attached hydrogens (primary N) is 1. The number of carbonyl (C=O) groups is 1. The average molecular weight is 477 g/mol. The molecule has 0 amide bonds. The number of ether oxygens (including phenoxy) is 1. The summed E-state index contributed by atoms with van der Waals surface area (Å²) in [6, 6.07) is 14.2. The molecule has 7 nitrogen and oxygen atoms in total. The van der Waals surface area contributed by atoms with E-state index in [2.05, 4.69) is 4.72 Å². The number of sulfonamides is 1. The lowest BCUT2D eigenvalue weighted by atomic mass is 10.1. The third-order valence-corrected chi connectivity index (χ3v) is 6.32. The Morgan fingerprint density at radius 3 is 2.30 bits per heavy atom. The van der Waals surface area contributed by atoms with Crippen molar-refractivity contribution < 1.29 is 31.8 Å². The predicted octanol–water partition coefficient (Wildman–Crippen LogP) is 3.22. The van der Waals surface area contributed by atoms with Crippen LogP contribution in [0.4, 0.5) is 8.78 Å². The fourth-order valence-electron chi connectivity index (χ4n) is 3.06. The molecule has 0 fully saturated rings. The van der Waals surface area contributed by atoms with Crippen LogP contribution >= 0.6 is 0 Å². The summed E-state index contributed by atoms with van der Waals surface area (Å²) in [7, 11) is -3.90. The quantitative estimate of drug-likeness (QED) is 0.414. The van der Waals surface area contributed by atoms with Gasteiger partial charge < -0.3 is 15.6 Å². The van der Waals surface area contributed by atoms with Gasteiger partial charge in [-0.25, -0.2) is 26.7 Å². The first-order valence-corrected chi connectivity index (χ1v) is 11.4. The second kappa shape index (κ2) is 10.5. The topological polar surface area (TPSA) is 119 Å². The number of aromatic carboxylic acids is 1. The predicted molar refractivity (Wildman–Crippen MR) is 117 cm³/mol. The smallest absolute Gasteiger partial charge is 0.336 e. The maximum Gasteiger partial charge on any atom is 0.336 e. The van der Waals surface area contributed by atoms with Gasteiger partial charge in [-0.3, -0.25) is 0 Å². The van der Waals surface area contributed by atoms with E-state index < -0.39 is 27.6 Å². The second-order valence-electron chi connectivity index (χ2n) is 7.16. The molecule has 0 radical (unpaired) electrons. The van der Waals surface area contributed by atoms with Gasteiger partial charge in [0.1, 0.15) is 12.4 Å². The molecule has 0 aliphatic carbocycles. The van der Waals surface area contributed by atoms with Gasteiger partial charge in [-0.05, 0) is 59.5 Å². The summed E-state index contributed by atoms with van der Waals surface area (Å²) in [4.78, 5) is 11.2. The molecule has 0 bridgehead atoms. The highest BCUT2D eigenvalue weighted by atomic mass is 32.2. The minimum Gasteiger partial charge on any atom is -0.489 e. The van der Waals surface area contributed by atoms with Gasteiger partial charge in [-0.2, -0.15) is 0 Å². The molecule has 0 aliphatic rings. The van der Waals surface area contributed by atoms with E-state index in [1.54, 1.807) is 24.3 Å². The molecule has 0 atom stereocenters. The Hall–Kier alpha value is -3.34. The summed E-state index contributed by atoms with van der Waals surface area (Å²) >= 11 is 0. The van der Waals surface area contributed by atoms with Crippen LogP contribution in [0.2, 0.25) is 0 Å². The Labute approximate surface area is 189 Å². The Bertz CT molecular complexity index is 1250. The van der Waals surface area contributed by atoms with E-state index in [1.807, 2.05) is 0 Å². The van der Waals surface area contributed by atoms with Gasteiger partial charge in [0.05, 0.1) is 10.5 Å². The largest absolute Gasteiger partial charge is 0.489 e. The van der Waals surface area contributed by atoms with E-state index in [1.165, 1.54) is 18.2 Å². The molecular weight excluding hydrogens is 454 g/mol. The van der Waals surface area contributed by atoms with Crippen LogP contribution in [0.1, 0.15) is 27.0 Å². The van der Waals surface area contributed by atoms with Gasteiger partial charge in [0.25, 0.3) is 0 Å². The normalized spacial score (nSPS) is 11.4. The molecule has 0 unspecified atom stereocenters. The Balaban J connectivity index is 1.55. The number of benzene rings is 3. The summed E-state index contributed by atoms with van der Waals surface area (Å²) in [5, 5.41) is 9.25. The van der Waals surface area contributed by atoms with Gasteiger partial charge in [-0.15, -0.1) is 0 Å². The highest BCUT2D eigenvalue weighted by molar-refractivity contribution is 7.89. The minimum atomic E-state index is -3.90. The van der Waals surface area contributed by atoms with Crippen molar-refractivity contribution in [1.82, 2.24) is 4.72 Å². The van der Waals surface area contributed by atoms with Gasteiger partial charge in [0.15, 0.2) is 11.6 Å². The van der Waals surface area contributed by atoms with Crippen LogP contribution in [0.3, 0.4) is 0 Å². The van der Waals surface area contributed by atoms with E-state index in [0.717, 1.165) is 23.8 Å². The number of hydrogen-bond donors (Lipinski definition) is 3. The fraction of sp³-hybridized carbons (Fsp3) is 0.174. The maximum atomic E-state index is 13.2. The molecule has 0 saturated heterocycles. The Kier molecular flexibility index (Phi) is 7.75. The van der Waals surface area contributed by atoms with Crippen LogP contribution in [0.15, 0.2) is 65.6 Å². The van der Waals surface area contributed by atoms with Gasteiger partial charge in [0.2, 0.25) is 10.0 Å². The van der Waals surface area contributed by atoms with Gasteiger partial charge in [0, 0.05) is 13.1 Å². The number of hydrogen-bond acceptors (Lipinski definition) is 5. The van der Waals surface area contributed by atoms with Crippen molar-refractivity contribution in [2.24, 2.45) is 5.73 Å². The molecule has 3 aromatic carbocycles. The van der Waals surface area contributed by atoms with E-state index in [4.69, 9.17) is 10.5 Å². The summed E-state index contributed by atoms with van der Waals surface area (Å²) in [5.74, 6) is -2.60. The van der Waals surface area contributed by atoms with Crippen LogP contribution in [0.25, 0.3) is 0 Å². The number of rotatable bonds is 10. The Morgan fingerprint density at radius 1 is 0.970 bits per heavy atom. The fourth-order valence-corrected chi connectivity index (χ4v) is 4.12. The van der Waals surface area contributed by atoms with E-state index in [9.17, 15) is 27.1 Å². The molecule has 0 aromatic heterocycles. The van der Waals surface area contributed by atoms with Gasteiger partial charge in [-0.1, -0.05) is 24.3 Å². The third kappa shape index (κ3) is 6.35. The molecule has 0 aliphatic heterocycles. The standard InChI is InChI=1S/C23H22F2N2O5S/c24-21-8-3-16(11-22(21)25)14-32-18-5-1-15(2-6-18)9-10-27-33(30,31)19-7-4-17(13-26)20(12-19)23(28)29/h1-8,11-12,27H,9-10,13-14,26H2,(H,28,29). The average Bonchev–Trinajstić information content (AvgIpc) is 2.80. The van der Waals surface area contributed by atoms with Crippen LogP contribution < -0.4 is 15.2 Å². The minimum absolute atomic E-state index is 0.0180. The molecule has 4 N–H and O–H groups in total. The molecule has 0 heterocycles. The first kappa shape index (κ1) is 24.3. The van der Waals surface area contributed by atoms with Crippen LogP contribution in [-0.2, 0) is 29.6 Å².